The molecular weight excluding hydrogens is 440 g/mol. The number of anilines is 2. The fourth-order valence-electron chi connectivity index (χ4n) is 4.27. The van der Waals surface area contributed by atoms with Gasteiger partial charge in [0, 0.05) is 49.0 Å². The van der Waals surface area contributed by atoms with E-state index in [0.29, 0.717) is 5.28 Å². The molecule has 0 bridgehead atoms. The first kappa shape index (κ1) is 21.1. The molecule has 0 unspecified atom stereocenters. The van der Waals surface area contributed by atoms with Crippen molar-refractivity contribution in [2.75, 3.05) is 36.0 Å². The molecule has 0 radical (unpaired) electrons. The third kappa shape index (κ3) is 3.91. The van der Waals surface area contributed by atoms with Crippen molar-refractivity contribution in [3.8, 4) is 11.1 Å². The van der Waals surface area contributed by atoms with E-state index >= 15 is 0 Å². The Bertz CT molecular complexity index is 1220. The van der Waals surface area contributed by atoms with Crippen molar-refractivity contribution in [2.24, 2.45) is 0 Å². The Kier molecular flexibility index (Phi) is 5.93. The Morgan fingerprint density at radius 3 is 2.25 bits per heavy atom. The second-order valence-corrected chi connectivity index (χ2v) is 9.25. The topological polar surface area (TPSA) is 58.0 Å². The molecule has 6 nitrogen and oxygen atoms in total. The summed E-state index contributed by atoms with van der Waals surface area (Å²) in [6.45, 7) is 7.69. The summed E-state index contributed by atoms with van der Waals surface area (Å²) < 4.78 is 0. The van der Waals surface area contributed by atoms with E-state index in [0.717, 1.165) is 61.0 Å². The van der Waals surface area contributed by atoms with Gasteiger partial charge < -0.3 is 9.80 Å². The zero-order valence-electron chi connectivity index (χ0n) is 18.3. The van der Waals surface area contributed by atoms with Crippen LogP contribution in [0.3, 0.4) is 0 Å². The molecule has 4 aromatic rings. The van der Waals surface area contributed by atoms with Gasteiger partial charge in [-0.1, -0.05) is 38.1 Å². The molecule has 8 heteroatoms. The van der Waals surface area contributed by atoms with Gasteiger partial charge in [-0.05, 0) is 41.6 Å². The SMILES string of the molecule is CCc1ccc(-c2c(CC)sc3nc(Cl)nc(N4CCN(c5ncccn5)CC4)c23)cc1. The third-order valence-electron chi connectivity index (χ3n) is 5.96. The molecule has 0 atom stereocenters. The van der Waals surface area contributed by atoms with Crippen LogP contribution in [0.1, 0.15) is 24.3 Å². The minimum absolute atomic E-state index is 0.304. The summed E-state index contributed by atoms with van der Waals surface area (Å²) >= 11 is 8.11. The number of hydrogen-bond acceptors (Lipinski definition) is 7. The van der Waals surface area contributed by atoms with Crippen LogP contribution >= 0.6 is 22.9 Å². The van der Waals surface area contributed by atoms with Crippen LogP contribution in [0.5, 0.6) is 0 Å². The lowest BCUT2D eigenvalue weighted by Gasteiger charge is -2.35. The first-order chi connectivity index (χ1) is 15.7. The average molecular weight is 465 g/mol. The van der Waals surface area contributed by atoms with Crippen LogP contribution in [0.15, 0.2) is 42.7 Å². The van der Waals surface area contributed by atoms with Crippen molar-refractivity contribution in [1.29, 1.82) is 0 Å². The molecule has 0 spiro atoms. The van der Waals surface area contributed by atoms with Gasteiger partial charge in [-0.3, -0.25) is 0 Å². The lowest BCUT2D eigenvalue weighted by Crippen LogP contribution is -2.47. The molecule has 0 N–H and O–H groups in total. The summed E-state index contributed by atoms with van der Waals surface area (Å²) in [5.41, 5.74) is 3.80. The smallest absolute Gasteiger partial charge is 0.225 e. The molecular formula is C24H25ClN6S. The van der Waals surface area contributed by atoms with Crippen LogP contribution in [0, 0.1) is 0 Å². The predicted molar refractivity (Wildman–Crippen MR) is 133 cm³/mol. The lowest BCUT2D eigenvalue weighted by atomic mass is 10.00. The fraction of sp³-hybridized carbons (Fsp3) is 0.333. The van der Waals surface area contributed by atoms with Gasteiger partial charge in [0.2, 0.25) is 11.2 Å². The minimum atomic E-state index is 0.304. The van der Waals surface area contributed by atoms with Gasteiger partial charge in [-0.2, -0.15) is 4.98 Å². The van der Waals surface area contributed by atoms with Crippen LogP contribution in [0.2, 0.25) is 5.28 Å². The zero-order chi connectivity index (χ0) is 22.1. The average Bonchev–Trinajstić information content (AvgIpc) is 3.22. The quantitative estimate of drug-likeness (QED) is 0.376. The number of aromatic nitrogens is 4. The van der Waals surface area contributed by atoms with E-state index in [9.17, 15) is 0 Å². The van der Waals surface area contributed by atoms with Crippen molar-refractivity contribution in [3.63, 3.8) is 0 Å². The molecule has 164 valence electrons. The summed E-state index contributed by atoms with van der Waals surface area (Å²) in [7, 11) is 0. The van der Waals surface area contributed by atoms with E-state index in [2.05, 4.69) is 62.9 Å². The van der Waals surface area contributed by atoms with Gasteiger partial charge in [0.15, 0.2) is 0 Å². The highest BCUT2D eigenvalue weighted by atomic mass is 35.5. The maximum atomic E-state index is 6.39. The Balaban J connectivity index is 1.55. The van der Waals surface area contributed by atoms with Gasteiger partial charge in [-0.15, -0.1) is 11.3 Å². The second-order valence-electron chi connectivity index (χ2n) is 7.82. The van der Waals surface area contributed by atoms with Crippen molar-refractivity contribution in [3.05, 3.63) is 58.4 Å². The van der Waals surface area contributed by atoms with E-state index < -0.39 is 0 Å². The van der Waals surface area contributed by atoms with Crippen LogP contribution in [0.4, 0.5) is 11.8 Å². The van der Waals surface area contributed by atoms with Crippen LogP contribution in [-0.4, -0.2) is 46.1 Å². The summed E-state index contributed by atoms with van der Waals surface area (Å²) in [5, 5.41) is 1.42. The summed E-state index contributed by atoms with van der Waals surface area (Å²) in [4.78, 5) is 24.9. The molecule has 32 heavy (non-hydrogen) atoms. The first-order valence-corrected chi connectivity index (χ1v) is 12.2. The fourth-order valence-corrected chi connectivity index (χ4v) is 5.61. The first-order valence-electron chi connectivity index (χ1n) is 11.0. The van der Waals surface area contributed by atoms with Gasteiger partial charge in [0.25, 0.3) is 0 Å². The van der Waals surface area contributed by atoms with Crippen molar-refractivity contribution < 1.29 is 0 Å². The van der Waals surface area contributed by atoms with Crippen molar-refractivity contribution in [2.45, 2.75) is 26.7 Å². The molecule has 1 aliphatic rings. The number of fused-ring (bicyclic) bond motifs is 1. The van der Waals surface area contributed by atoms with E-state index in [1.165, 1.54) is 21.6 Å². The number of rotatable bonds is 5. The standard InChI is InChI=1S/C24H25ClN6S/c1-3-16-6-8-17(9-7-16)19-18(4-2)32-22-20(19)21(28-23(25)29-22)30-12-14-31(15-13-30)24-26-10-5-11-27-24/h5-11H,3-4,12-15H2,1-2H3. The molecule has 0 aliphatic carbocycles. The number of benzene rings is 1. The van der Waals surface area contributed by atoms with Crippen LogP contribution in [-0.2, 0) is 12.8 Å². The molecule has 1 saturated heterocycles. The minimum Gasteiger partial charge on any atom is -0.352 e. The number of halogens is 1. The Morgan fingerprint density at radius 2 is 1.59 bits per heavy atom. The maximum Gasteiger partial charge on any atom is 0.225 e. The highest BCUT2D eigenvalue weighted by Crippen LogP contribution is 2.43. The third-order valence-corrected chi connectivity index (χ3v) is 7.36. The Labute approximate surface area is 196 Å². The molecule has 1 aromatic carbocycles. The summed E-state index contributed by atoms with van der Waals surface area (Å²) in [6.07, 6.45) is 5.55. The monoisotopic (exact) mass is 464 g/mol. The number of piperazine rings is 1. The second kappa shape index (κ2) is 9.00. The maximum absolute atomic E-state index is 6.39. The summed E-state index contributed by atoms with van der Waals surface area (Å²) in [5.74, 6) is 1.71. The summed E-state index contributed by atoms with van der Waals surface area (Å²) in [6, 6.07) is 10.7. The van der Waals surface area contributed by atoms with E-state index in [1.54, 1.807) is 23.7 Å². The highest BCUT2D eigenvalue weighted by molar-refractivity contribution is 7.19. The lowest BCUT2D eigenvalue weighted by molar-refractivity contribution is 0.636. The van der Waals surface area contributed by atoms with E-state index in [4.69, 9.17) is 16.6 Å². The Hall–Kier alpha value is -2.77. The van der Waals surface area contributed by atoms with Crippen molar-refractivity contribution in [1.82, 2.24) is 19.9 Å². The molecule has 3 aromatic heterocycles. The molecule has 0 amide bonds. The van der Waals surface area contributed by atoms with Crippen molar-refractivity contribution >= 4 is 44.9 Å². The normalized spacial score (nSPS) is 14.3. The molecule has 1 fully saturated rings. The largest absolute Gasteiger partial charge is 0.352 e. The number of thiophene rings is 1. The molecule has 0 saturated carbocycles. The van der Waals surface area contributed by atoms with E-state index in [1.807, 2.05) is 6.07 Å². The predicted octanol–water partition coefficient (Wildman–Crippen LogP) is 5.25. The van der Waals surface area contributed by atoms with E-state index in [-0.39, 0.29) is 0 Å². The highest BCUT2D eigenvalue weighted by Gasteiger charge is 2.26. The van der Waals surface area contributed by atoms with Crippen LogP contribution < -0.4 is 9.80 Å². The zero-order valence-corrected chi connectivity index (χ0v) is 19.8. The molecule has 4 heterocycles. The molecule has 1 aliphatic heterocycles. The molecule has 5 rings (SSSR count). The number of hydrogen-bond donors (Lipinski definition) is 0. The van der Waals surface area contributed by atoms with Gasteiger partial charge in [-0.25, -0.2) is 15.0 Å². The van der Waals surface area contributed by atoms with Crippen LogP contribution in [0.25, 0.3) is 21.3 Å². The van der Waals surface area contributed by atoms with Gasteiger partial charge >= 0.3 is 0 Å². The number of nitrogens with zero attached hydrogens (tertiary/aromatic N) is 6. The number of aryl methyl sites for hydroxylation is 2. The Morgan fingerprint density at radius 1 is 0.906 bits per heavy atom. The van der Waals surface area contributed by atoms with Gasteiger partial charge in [0.1, 0.15) is 10.6 Å². The van der Waals surface area contributed by atoms with Gasteiger partial charge in [0.05, 0.1) is 5.39 Å².